The lowest BCUT2D eigenvalue weighted by atomic mass is 10.2. The van der Waals surface area contributed by atoms with Gasteiger partial charge in [-0.3, -0.25) is 9.69 Å². The second kappa shape index (κ2) is 9.04. The molecule has 0 spiro atoms. The van der Waals surface area contributed by atoms with E-state index >= 15 is 0 Å². The van der Waals surface area contributed by atoms with Gasteiger partial charge in [-0.15, -0.1) is 0 Å². The molecule has 2 rings (SSSR count). The second-order valence-corrected chi connectivity index (χ2v) is 6.26. The SMILES string of the molecule is CC[C@@H](C)NC(=O)CN1CCN(C(=O)Nc2ccc(C#N)cc2)CC1. The van der Waals surface area contributed by atoms with Gasteiger partial charge in [0.05, 0.1) is 18.2 Å². The first-order chi connectivity index (χ1) is 12.0. The summed E-state index contributed by atoms with van der Waals surface area (Å²) < 4.78 is 0. The zero-order valence-electron chi connectivity index (χ0n) is 14.8. The van der Waals surface area contributed by atoms with Crippen LogP contribution in [-0.4, -0.2) is 60.5 Å². The number of benzene rings is 1. The van der Waals surface area contributed by atoms with E-state index in [-0.39, 0.29) is 18.0 Å². The Hall–Kier alpha value is -2.59. The molecule has 3 amide bonds. The number of hydrogen-bond acceptors (Lipinski definition) is 4. The number of rotatable bonds is 5. The van der Waals surface area contributed by atoms with E-state index in [9.17, 15) is 9.59 Å². The fourth-order valence-electron chi connectivity index (χ4n) is 2.57. The van der Waals surface area contributed by atoms with Gasteiger partial charge in [-0.2, -0.15) is 5.26 Å². The molecule has 1 aromatic rings. The average Bonchev–Trinajstić information content (AvgIpc) is 2.62. The molecule has 1 atom stereocenters. The van der Waals surface area contributed by atoms with Gasteiger partial charge in [0, 0.05) is 37.9 Å². The summed E-state index contributed by atoms with van der Waals surface area (Å²) in [4.78, 5) is 28.0. The molecule has 25 heavy (non-hydrogen) atoms. The van der Waals surface area contributed by atoms with E-state index in [0.717, 1.165) is 6.42 Å². The van der Waals surface area contributed by atoms with E-state index in [0.29, 0.717) is 44.0 Å². The molecule has 0 aromatic heterocycles. The van der Waals surface area contributed by atoms with Crippen LogP contribution in [0.25, 0.3) is 0 Å². The van der Waals surface area contributed by atoms with Crippen molar-refractivity contribution in [2.24, 2.45) is 0 Å². The summed E-state index contributed by atoms with van der Waals surface area (Å²) in [6.45, 7) is 6.91. The lowest BCUT2D eigenvalue weighted by molar-refractivity contribution is -0.123. The monoisotopic (exact) mass is 343 g/mol. The highest BCUT2D eigenvalue weighted by Crippen LogP contribution is 2.11. The minimum atomic E-state index is -0.159. The number of piperazine rings is 1. The molecular weight excluding hydrogens is 318 g/mol. The second-order valence-electron chi connectivity index (χ2n) is 6.26. The molecule has 0 saturated carbocycles. The predicted octanol–water partition coefficient (Wildman–Crippen LogP) is 1.62. The van der Waals surface area contributed by atoms with Crippen LogP contribution in [0.2, 0.25) is 0 Å². The molecule has 0 radical (unpaired) electrons. The first-order valence-electron chi connectivity index (χ1n) is 8.59. The lowest BCUT2D eigenvalue weighted by Gasteiger charge is -2.34. The Labute approximate surface area is 148 Å². The number of amides is 3. The molecule has 1 aromatic carbocycles. The topological polar surface area (TPSA) is 88.5 Å². The first kappa shape index (κ1) is 18.7. The predicted molar refractivity (Wildman–Crippen MR) is 96.1 cm³/mol. The van der Waals surface area contributed by atoms with E-state index in [2.05, 4.69) is 15.5 Å². The fourth-order valence-corrected chi connectivity index (χ4v) is 2.57. The van der Waals surface area contributed by atoms with Gasteiger partial charge in [0.25, 0.3) is 0 Å². The zero-order chi connectivity index (χ0) is 18.2. The Bertz CT molecular complexity index is 630. The van der Waals surface area contributed by atoms with Crippen molar-refractivity contribution in [1.29, 1.82) is 5.26 Å². The first-order valence-corrected chi connectivity index (χ1v) is 8.59. The lowest BCUT2D eigenvalue weighted by Crippen LogP contribution is -2.52. The van der Waals surface area contributed by atoms with E-state index in [1.807, 2.05) is 19.9 Å². The molecule has 2 N–H and O–H groups in total. The molecule has 134 valence electrons. The van der Waals surface area contributed by atoms with Gasteiger partial charge < -0.3 is 15.5 Å². The molecule has 1 fully saturated rings. The number of nitrogens with zero attached hydrogens (tertiary/aromatic N) is 3. The molecule has 0 aliphatic carbocycles. The normalized spacial score (nSPS) is 16.0. The summed E-state index contributed by atoms with van der Waals surface area (Å²) in [6, 6.07) is 8.84. The smallest absolute Gasteiger partial charge is 0.321 e. The fraction of sp³-hybridized carbons (Fsp3) is 0.500. The Morgan fingerprint density at radius 3 is 2.40 bits per heavy atom. The third kappa shape index (κ3) is 5.76. The van der Waals surface area contributed by atoms with Crippen molar-refractivity contribution in [2.45, 2.75) is 26.3 Å². The number of carbonyl (C=O) groups excluding carboxylic acids is 2. The van der Waals surface area contributed by atoms with Gasteiger partial charge in [-0.25, -0.2) is 4.79 Å². The summed E-state index contributed by atoms with van der Waals surface area (Å²) >= 11 is 0. The summed E-state index contributed by atoms with van der Waals surface area (Å²) in [7, 11) is 0. The third-order valence-electron chi connectivity index (χ3n) is 4.31. The Morgan fingerprint density at radius 2 is 1.84 bits per heavy atom. The van der Waals surface area contributed by atoms with Crippen molar-refractivity contribution in [3.63, 3.8) is 0 Å². The van der Waals surface area contributed by atoms with Gasteiger partial charge in [0.2, 0.25) is 5.91 Å². The maximum atomic E-state index is 12.3. The van der Waals surface area contributed by atoms with Crippen molar-refractivity contribution in [3.05, 3.63) is 29.8 Å². The molecule has 1 heterocycles. The van der Waals surface area contributed by atoms with E-state index in [4.69, 9.17) is 5.26 Å². The number of urea groups is 1. The summed E-state index contributed by atoms with van der Waals surface area (Å²) in [5, 5.41) is 14.6. The van der Waals surface area contributed by atoms with E-state index in [1.165, 1.54) is 0 Å². The highest BCUT2D eigenvalue weighted by atomic mass is 16.2. The van der Waals surface area contributed by atoms with Crippen molar-refractivity contribution in [1.82, 2.24) is 15.1 Å². The number of nitrogens with one attached hydrogen (secondary N) is 2. The van der Waals surface area contributed by atoms with Crippen LogP contribution in [0.4, 0.5) is 10.5 Å². The van der Waals surface area contributed by atoms with Gasteiger partial charge in [0.15, 0.2) is 0 Å². The molecule has 7 nitrogen and oxygen atoms in total. The van der Waals surface area contributed by atoms with Crippen LogP contribution in [-0.2, 0) is 4.79 Å². The van der Waals surface area contributed by atoms with Gasteiger partial charge in [-0.1, -0.05) is 6.92 Å². The summed E-state index contributed by atoms with van der Waals surface area (Å²) in [5.41, 5.74) is 1.22. The minimum Gasteiger partial charge on any atom is -0.353 e. The quantitative estimate of drug-likeness (QED) is 0.850. The van der Waals surface area contributed by atoms with Crippen molar-refractivity contribution in [3.8, 4) is 6.07 Å². The Balaban J connectivity index is 1.76. The van der Waals surface area contributed by atoms with Crippen LogP contribution in [0.1, 0.15) is 25.8 Å². The largest absolute Gasteiger partial charge is 0.353 e. The molecular formula is C18H25N5O2. The maximum absolute atomic E-state index is 12.3. The highest BCUT2D eigenvalue weighted by molar-refractivity contribution is 5.89. The maximum Gasteiger partial charge on any atom is 0.321 e. The molecule has 1 aliphatic heterocycles. The summed E-state index contributed by atoms with van der Waals surface area (Å²) in [6.07, 6.45) is 0.912. The number of anilines is 1. The third-order valence-corrected chi connectivity index (χ3v) is 4.31. The van der Waals surface area contributed by atoms with Gasteiger partial charge >= 0.3 is 6.03 Å². The number of carbonyl (C=O) groups is 2. The van der Waals surface area contributed by atoms with Crippen molar-refractivity contribution < 1.29 is 9.59 Å². The molecule has 1 saturated heterocycles. The van der Waals surface area contributed by atoms with Crippen molar-refractivity contribution in [2.75, 3.05) is 38.0 Å². The molecule has 0 unspecified atom stereocenters. The average molecular weight is 343 g/mol. The van der Waals surface area contributed by atoms with Crippen LogP contribution >= 0.6 is 0 Å². The van der Waals surface area contributed by atoms with Crippen LogP contribution in [0.5, 0.6) is 0 Å². The molecule has 1 aliphatic rings. The standard InChI is InChI=1S/C18H25N5O2/c1-3-14(2)20-17(24)13-22-8-10-23(11-9-22)18(25)21-16-6-4-15(12-19)5-7-16/h4-7,14H,3,8-11,13H2,1-2H3,(H,20,24)(H,21,25)/t14-/m1/s1. The van der Waals surface area contributed by atoms with Gasteiger partial charge in [-0.05, 0) is 37.6 Å². The van der Waals surface area contributed by atoms with Crippen LogP contribution in [0.3, 0.4) is 0 Å². The Morgan fingerprint density at radius 1 is 1.20 bits per heavy atom. The molecule has 0 bridgehead atoms. The van der Waals surface area contributed by atoms with Crippen LogP contribution in [0.15, 0.2) is 24.3 Å². The highest BCUT2D eigenvalue weighted by Gasteiger charge is 2.22. The Kier molecular flexibility index (Phi) is 6.78. The minimum absolute atomic E-state index is 0.0323. The van der Waals surface area contributed by atoms with E-state index < -0.39 is 0 Å². The zero-order valence-corrected chi connectivity index (χ0v) is 14.8. The molecule has 7 heteroatoms. The number of hydrogen-bond donors (Lipinski definition) is 2. The summed E-state index contributed by atoms with van der Waals surface area (Å²) in [5.74, 6) is 0.0323. The van der Waals surface area contributed by atoms with Crippen LogP contribution in [0, 0.1) is 11.3 Å². The van der Waals surface area contributed by atoms with Gasteiger partial charge in [0.1, 0.15) is 0 Å². The van der Waals surface area contributed by atoms with E-state index in [1.54, 1.807) is 29.2 Å². The van der Waals surface area contributed by atoms with Crippen molar-refractivity contribution >= 4 is 17.6 Å². The number of nitriles is 1. The van der Waals surface area contributed by atoms with Crippen LogP contribution < -0.4 is 10.6 Å².